The number of pyridine rings is 1. The zero-order valence-corrected chi connectivity index (χ0v) is 10.9. The minimum atomic E-state index is -4.42. The first kappa shape index (κ1) is 13.8. The van der Waals surface area contributed by atoms with E-state index < -0.39 is 11.7 Å². The molecule has 1 unspecified atom stereocenters. The highest BCUT2D eigenvalue weighted by atomic mass is 32.1. The van der Waals surface area contributed by atoms with Crippen molar-refractivity contribution >= 4 is 17.2 Å². The standard InChI is InChI=1S/C12H12F3N3S/c1-2-9(11-17-6-7-19-11)18-10-8(12(13,14)15)4-3-5-16-10/h3-7,9H,2H2,1H3,(H,16,18). The number of alkyl halides is 3. The van der Waals surface area contributed by atoms with Crippen LogP contribution in [0.25, 0.3) is 0 Å². The molecule has 0 aliphatic carbocycles. The minimum Gasteiger partial charge on any atom is -0.360 e. The molecule has 1 N–H and O–H groups in total. The van der Waals surface area contributed by atoms with Crippen LogP contribution in [0.3, 0.4) is 0 Å². The van der Waals surface area contributed by atoms with Crippen LogP contribution in [0.15, 0.2) is 29.9 Å². The Bertz CT molecular complexity index is 525. The highest BCUT2D eigenvalue weighted by Gasteiger charge is 2.34. The number of aromatic nitrogens is 2. The molecule has 7 heteroatoms. The lowest BCUT2D eigenvalue weighted by Crippen LogP contribution is -2.16. The van der Waals surface area contributed by atoms with Crippen molar-refractivity contribution in [1.29, 1.82) is 0 Å². The number of rotatable bonds is 4. The fraction of sp³-hybridized carbons (Fsp3) is 0.333. The first-order valence-electron chi connectivity index (χ1n) is 5.70. The van der Waals surface area contributed by atoms with Gasteiger partial charge in [-0.25, -0.2) is 9.97 Å². The molecule has 19 heavy (non-hydrogen) atoms. The fourth-order valence-electron chi connectivity index (χ4n) is 1.66. The van der Waals surface area contributed by atoms with Crippen molar-refractivity contribution in [2.45, 2.75) is 25.6 Å². The second kappa shape index (κ2) is 5.56. The molecule has 2 aromatic heterocycles. The van der Waals surface area contributed by atoms with Crippen LogP contribution in [0, 0.1) is 0 Å². The lowest BCUT2D eigenvalue weighted by Gasteiger charge is -2.18. The minimum absolute atomic E-state index is 0.156. The predicted molar refractivity (Wildman–Crippen MR) is 68.0 cm³/mol. The van der Waals surface area contributed by atoms with Crippen molar-refractivity contribution in [1.82, 2.24) is 9.97 Å². The number of nitrogens with one attached hydrogen (secondary N) is 1. The van der Waals surface area contributed by atoms with Crippen molar-refractivity contribution in [2.75, 3.05) is 5.32 Å². The van der Waals surface area contributed by atoms with Gasteiger partial charge in [-0.2, -0.15) is 13.2 Å². The summed E-state index contributed by atoms with van der Waals surface area (Å²) in [4.78, 5) is 7.91. The normalized spacial score (nSPS) is 13.3. The molecule has 0 saturated heterocycles. The van der Waals surface area contributed by atoms with Crippen LogP contribution >= 0.6 is 11.3 Å². The molecule has 2 rings (SSSR count). The monoisotopic (exact) mass is 287 g/mol. The maximum atomic E-state index is 12.9. The molecule has 0 saturated carbocycles. The van der Waals surface area contributed by atoms with Crippen LogP contribution in [-0.2, 0) is 6.18 Å². The average molecular weight is 287 g/mol. The van der Waals surface area contributed by atoms with E-state index in [0.29, 0.717) is 6.42 Å². The summed E-state index contributed by atoms with van der Waals surface area (Å²) < 4.78 is 38.6. The smallest absolute Gasteiger partial charge is 0.360 e. The van der Waals surface area contributed by atoms with Gasteiger partial charge in [0.15, 0.2) is 0 Å². The highest BCUT2D eigenvalue weighted by Crippen LogP contribution is 2.35. The summed E-state index contributed by atoms with van der Waals surface area (Å²) in [5.74, 6) is -0.156. The van der Waals surface area contributed by atoms with E-state index in [1.807, 2.05) is 6.92 Å². The molecule has 1 atom stereocenters. The van der Waals surface area contributed by atoms with Crippen LogP contribution in [0.5, 0.6) is 0 Å². The second-order valence-corrected chi connectivity index (χ2v) is 4.80. The molecule has 0 radical (unpaired) electrons. The van der Waals surface area contributed by atoms with E-state index >= 15 is 0 Å². The fourth-order valence-corrected chi connectivity index (χ4v) is 2.43. The van der Waals surface area contributed by atoms with Gasteiger partial charge in [0.25, 0.3) is 0 Å². The van der Waals surface area contributed by atoms with Crippen LogP contribution in [-0.4, -0.2) is 9.97 Å². The Morgan fingerprint density at radius 1 is 1.32 bits per heavy atom. The molecule has 0 amide bonds. The zero-order valence-electron chi connectivity index (χ0n) is 10.1. The lowest BCUT2D eigenvalue weighted by atomic mass is 10.2. The Morgan fingerprint density at radius 3 is 2.68 bits per heavy atom. The molecule has 0 bridgehead atoms. The molecular formula is C12H12F3N3S. The van der Waals surface area contributed by atoms with Crippen molar-refractivity contribution in [2.24, 2.45) is 0 Å². The third-order valence-electron chi connectivity index (χ3n) is 2.58. The quantitative estimate of drug-likeness (QED) is 0.919. The summed E-state index contributed by atoms with van der Waals surface area (Å²) in [6, 6.07) is 2.03. The van der Waals surface area contributed by atoms with Gasteiger partial charge in [0.05, 0.1) is 11.6 Å². The van der Waals surface area contributed by atoms with Gasteiger partial charge in [-0.1, -0.05) is 6.92 Å². The molecular weight excluding hydrogens is 275 g/mol. The van der Waals surface area contributed by atoms with E-state index in [4.69, 9.17) is 0 Å². The Morgan fingerprint density at radius 2 is 2.11 bits per heavy atom. The van der Waals surface area contributed by atoms with Gasteiger partial charge < -0.3 is 5.32 Å². The number of hydrogen-bond donors (Lipinski definition) is 1. The van der Waals surface area contributed by atoms with Gasteiger partial charge in [0, 0.05) is 17.8 Å². The first-order valence-corrected chi connectivity index (χ1v) is 6.58. The van der Waals surface area contributed by atoms with Crippen molar-refractivity contribution < 1.29 is 13.2 Å². The van der Waals surface area contributed by atoms with Crippen LogP contribution in [0.4, 0.5) is 19.0 Å². The van der Waals surface area contributed by atoms with Crippen molar-refractivity contribution in [3.05, 3.63) is 40.5 Å². The zero-order chi connectivity index (χ0) is 13.9. The van der Waals surface area contributed by atoms with Gasteiger partial charge in [-0.3, -0.25) is 0 Å². The van der Waals surface area contributed by atoms with E-state index in [1.54, 1.807) is 11.6 Å². The third-order valence-corrected chi connectivity index (χ3v) is 3.47. The average Bonchev–Trinajstić information content (AvgIpc) is 2.89. The van der Waals surface area contributed by atoms with E-state index in [0.717, 1.165) is 11.1 Å². The van der Waals surface area contributed by atoms with Crippen molar-refractivity contribution in [3.63, 3.8) is 0 Å². The van der Waals surface area contributed by atoms with E-state index in [9.17, 15) is 13.2 Å². The van der Waals surface area contributed by atoms with Gasteiger partial charge >= 0.3 is 6.18 Å². The number of halogens is 3. The second-order valence-electron chi connectivity index (χ2n) is 3.87. The molecule has 0 fully saturated rings. The molecule has 0 spiro atoms. The predicted octanol–water partition coefficient (Wildman–Crippen LogP) is 4.12. The van der Waals surface area contributed by atoms with Gasteiger partial charge in [0.2, 0.25) is 0 Å². The third kappa shape index (κ3) is 3.23. The van der Waals surface area contributed by atoms with Crippen molar-refractivity contribution in [3.8, 4) is 0 Å². The molecule has 2 aromatic rings. The molecule has 2 heterocycles. The van der Waals surface area contributed by atoms with Gasteiger partial charge in [0.1, 0.15) is 10.8 Å². The molecule has 102 valence electrons. The summed E-state index contributed by atoms with van der Waals surface area (Å²) in [6.07, 6.45) is -0.821. The molecule has 0 aliphatic rings. The largest absolute Gasteiger partial charge is 0.419 e. The van der Waals surface area contributed by atoms with Crippen LogP contribution in [0.1, 0.15) is 30.0 Å². The summed E-state index contributed by atoms with van der Waals surface area (Å²) >= 11 is 1.41. The topological polar surface area (TPSA) is 37.8 Å². The summed E-state index contributed by atoms with van der Waals surface area (Å²) in [7, 11) is 0. The van der Waals surface area contributed by atoms with E-state index in [1.165, 1.54) is 23.6 Å². The SMILES string of the molecule is CCC(Nc1ncccc1C(F)(F)F)c1nccs1. The molecule has 0 aliphatic heterocycles. The maximum absolute atomic E-state index is 12.9. The van der Waals surface area contributed by atoms with E-state index in [-0.39, 0.29) is 11.9 Å². The summed E-state index contributed by atoms with van der Waals surface area (Å²) in [5, 5.41) is 5.37. The van der Waals surface area contributed by atoms with Gasteiger partial charge in [-0.05, 0) is 18.6 Å². The Hall–Kier alpha value is -1.63. The summed E-state index contributed by atoms with van der Waals surface area (Å²) in [6.45, 7) is 1.88. The molecule has 0 aromatic carbocycles. The van der Waals surface area contributed by atoms with E-state index in [2.05, 4.69) is 15.3 Å². The van der Waals surface area contributed by atoms with Gasteiger partial charge in [-0.15, -0.1) is 11.3 Å². The Kier molecular flexibility index (Phi) is 4.04. The number of thiazole rings is 1. The Labute approximate surface area is 112 Å². The Balaban J connectivity index is 2.28. The number of nitrogens with zero attached hydrogens (tertiary/aromatic N) is 2. The maximum Gasteiger partial charge on any atom is 0.419 e. The lowest BCUT2D eigenvalue weighted by molar-refractivity contribution is -0.137. The highest BCUT2D eigenvalue weighted by molar-refractivity contribution is 7.09. The molecule has 3 nitrogen and oxygen atoms in total. The van der Waals surface area contributed by atoms with Crippen LogP contribution < -0.4 is 5.32 Å². The van der Waals surface area contributed by atoms with Crippen LogP contribution in [0.2, 0.25) is 0 Å². The number of anilines is 1. The summed E-state index contributed by atoms with van der Waals surface area (Å²) in [5.41, 5.74) is -0.759. The first-order chi connectivity index (χ1) is 9.02. The number of hydrogen-bond acceptors (Lipinski definition) is 4.